The molecule has 0 heterocycles. The van der Waals surface area contributed by atoms with E-state index < -0.39 is 6.04 Å². The Morgan fingerprint density at radius 2 is 1.80 bits per heavy atom. The molecule has 6 nitrogen and oxygen atoms in total. The number of nitrogens with one attached hydrogen (secondary N) is 1. The number of amides is 2. The number of carbonyl (C=O) groups excluding carboxylic acids is 2. The van der Waals surface area contributed by atoms with E-state index in [4.69, 9.17) is 9.47 Å². The number of benzene rings is 2. The summed E-state index contributed by atoms with van der Waals surface area (Å²) in [5.41, 5.74) is 1.82. The minimum atomic E-state index is -0.573. The van der Waals surface area contributed by atoms with Crippen LogP contribution in [0.25, 0.3) is 0 Å². The van der Waals surface area contributed by atoms with Crippen molar-refractivity contribution in [1.29, 1.82) is 0 Å². The lowest BCUT2D eigenvalue weighted by atomic mass is 9.86. The van der Waals surface area contributed by atoms with E-state index in [2.05, 4.69) is 26.1 Å². The predicted octanol–water partition coefficient (Wildman–Crippen LogP) is 5.24. The summed E-state index contributed by atoms with van der Waals surface area (Å²) in [6.07, 6.45) is 4.79. The minimum absolute atomic E-state index is 0.0919. The summed E-state index contributed by atoms with van der Waals surface area (Å²) in [5.74, 6) is 1.10. The second-order valence-corrected chi connectivity index (χ2v) is 10.3. The molecule has 1 N–H and O–H groups in total. The van der Waals surface area contributed by atoms with E-state index in [0.29, 0.717) is 24.5 Å². The number of para-hydroxylation sites is 1. The lowest BCUT2D eigenvalue weighted by Crippen LogP contribution is -2.52. The van der Waals surface area contributed by atoms with Crippen LogP contribution in [0, 0.1) is 0 Å². The van der Waals surface area contributed by atoms with E-state index in [0.717, 1.165) is 36.8 Å². The molecule has 35 heavy (non-hydrogen) atoms. The Bertz CT molecular complexity index is 992. The maximum atomic E-state index is 13.6. The van der Waals surface area contributed by atoms with Crippen LogP contribution in [0.5, 0.6) is 11.5 Å². The molecular formula is C29H40N2O4. The molecule has 0 radical (unpaired) electrons. The van der Waals surface area contributed by atoms with Crippen LogP contribution < -0.4 is 14.8 Å². The van der Waals surface area contributed by atoms with Crippen LogP contribution in [0.1, 0.15) is 70.9 Å². The van der Waals surface area contributed by atoms with Crippen molar-refractivity contribution in [3.8, 4) is 11.5 Å². The lowest BCUT2D eigenvalue weighted by molar-refractivity contribution is -0.143. The van der Waals surface area contributed by atoms with Crippen LogP contribution in [-0.2, 0) is 21.5 Å². The quantitative estimate of drug-likeness (QED) is 0.505. The summed E-state index contributed by atoms with van der Waals surface area (Å²) in [5, 5.41) is 3.18. The van der Waals surface area contributed by atoms with Gasteiger partial charge in [-0.05, 0) is 54.0 Å². The summed E-state index contributed by atoms with van der Waals surface area (Å²) in [4.78, 5) is 28.5. The van der Waals surface area contributed by atoms with E-state index in [-0.39, 0.29) is 29.9 Å². The van der Waals surface area contributed by atoms with Crippen molar-refractivity contribution >= 4 is 11.8 Å². The second kappa shape index (κ2) is 12.1. The molecule has 0 spiro atoms. The average molecular weight is 481 g/mol. The van der Waals surface area contributed by atoms with Crippen LogP contribution in [0.15, 0.2) is 48.5 Å². The van der Waals surface area contributed by atoms with Gasteiger partial charge in [0.1, 0.15) is 17.5 Å². The smallest absolute Gasteiger partial charge is 0.261 e. The number of hydrogen-bond acceptors (Lipinski definition) is 4. The van der Waals surface area contributed by atoms with Gasteiger partial charge in [-0.1, -0.05) is 70.9 Å². The Kier molecular flexibility index (Phi) is 9.19. The van der Waals surface area contributed by atoms with E-state index in [9.17, 15) is 9.59 Å². The van der Waals surface area contributed by atoms with Crippen molar-refractivity contribution < 1.29 is 19.1 Å². The van der Waals surface area contributed by atoms with Crippen LogP contribution in [0.4, 0.5) is 0 Å². The Morgan fingerprint density at radius 3 is 2.46 bits per heavy atom. The van der Waals surface area contributed by atoms with Crippen molar-refractivity contribution in [2.24, 2.45) is 0 Å². The number of methoxy groups -OCH3 is 1. The number of hydrogen-bond donors (Lipinski definition) is 1. The molecule has 0 aromatic heterocycles. The zero-order valence-electron chi connectivity index (χ0n) is 21.8. The molecule has 2 amide bonds. The highest BCUT2D eigenvalue weighted by Gasteiger charge is 2.31. The first-order chi connectivity index (χ1) is 16.7. The summed E-state index contributed by atoms with van der Waals surface area (Å²) in [6, 6.07) is 15.0. The van der Waals surface area contributed by atoms with Crippen molar-refractivity contribution in [3.63, 3.8) is 0 Å². The second-order valence-electron chi connectivity index (χ2n) is 10.3. The fourth-order valence-electron chi connectivity index (χ4n) is 4.69. The zero-order chi connectivity index (χ0) is 25.4. The molecule has 6 heteroatoms. The molecule has 1 atom stereocenters. The summed E-state index contributed by atoms with van der Waals surface area (Å²) < 4.78 is 11.4. The van der Waals surface area contributed by atoms with Crippen molar-refractivity contribution in [1.82, 2.24) is 10.2 Å². The topological polar surface area (TPSA) is 67.9 Å². The Morgan fingerprint density at radius 1 is 1.09 bits per heavy atom. The molecule has 0 bridgehead atoms. The van der Waals surface area contributed by atoms with Crippen LogP contribution in [0.3, 0.4) is 0 Å². The van der Waals surface area contributed by atoms with Gasteiger partial charge in [-0.25, -0.2) is 0 Å². The van der Waals surface area contributed by atoms with E-state index in [1.807, 2.05) is 55.5 Å². The average Bonchev–Trinajstić information content (AvgIpc) is 3.35. The Hall–Kier alpha value is -3.02. The van der Waals surface area contributed by atoms with Crippen molar-refractivity contribution in [2.45, 2.75) is 83.8 Å². The highest BCUT2D eigenvalue weighted by molar-refractivity contribution is 5.88. The van der Waals surface area contributed by atoms with Gasteiger partial charge in [-0.15, -0.1) is 0 Å². The summed E-state index contributed by atoms with van der Waals surface area (Å²) in [6.45, 7) is 8.47. The standard InChI is InChI=1S/C29H40N2O4/c1-6-25(28(33)30-22-13-7-8-14-22)31(19-21-12-11-15-23(18-21)34-5)27(32)20-35-26-17-10-9-16-24(26)29(2,3)4/h9-12,15-18,22,25H,6-8,13-14,19-20H2,1-5H3,(H,30,33)/t25-/m1/s1. The third-order valence-electron chi connectivity index (χ3n) is 6.62. The molecular weight excluding hydrogens is 440 g/mol. The normalized spacial score (nSPS) is 14.9. The third kappa shape index (κ3) is 7.23. The Labute approximate surface area is 210 Å². The first kappa shape index (κ1) is 26.6. The van der Waals surface area contributed by atoms with Gasteiger partial charge in [0, 0.05) is 12.6 Å². The highest BCUT2D eigenvalue weighted by atomic mass is 16.5. The maximum absolute atomic E-state index is 13.6. The molecule has 1 fully saturated rings. The number of ether oxygens (including phenoxy) is 2. The van der Waals surface area contributed by atoms with E-state index in [1.54, 1.807) is 12.0 Å². The van der Waals surface area contributed by atoms with Crippen molar-refractivity contribution in [3.05, 3.63) is 59.7 Å². The molecule has 0 aliphatic heterocycles. The summed E-state index contributed by atoms with van der Waals surface area (Å²) in [7, 11) is 1.62. The molecule has 0 unspecified atom stereocenters. The van der Waals surface area contributed by atoms with E-state index in [1.165, 1.54) is 0 Å². The SMILES string of the molecule is CC[C@H](C(=O)NC1CCCC1)N(Cc1cccc(OC)c1)C(=O)COc1ccccc1C(C)(C)C. The molecule has 2 aromatic rings. The van der Waals surface area contributed by atoms with Crippen LogP contribution >= 0.6 is 0 Å². The van der Waals surface area contributed by atoms with Gasteiger partial charge < -0.3 is 19.7 Å². The molecule has 190 valence electrons. The van der Waals surface area contributed by atoms with E-state index >= 15 is 0 Å². The monoisotopic (exact) mass is 480 g/mol. The molecule has 3 rings (SSSR count). The number of rotatable bonds is 10. The van der Waals surface area contributed by atoms with Gasteiger partial charge in [0.15, 0.2) is 6.61 Å². The first-order valence-corrected chi connectivity index (χ1v) is 12.7. The molecule has 1 aliphatic rings. The molecule has 1 saturated carbocycles. The molecule has 1 aliphatic carbocycles. The van der Waals surface area contributed by atoms with Gasteiger partial charge in [0.05, 0.1) is 7.11 Å². The third-order valence-corrected chi connectivity index (χ3v) is 6.62. The minimum Gasteiger partial charge on any atom is -0.497 e. The molecule has 2 aromatic carbocycles. The summed E-state index contributed by atoms with van der Waals surface area (Å²) >= 11 is 0. The van der Waals surface area contributed by atoms with Crippen LogP contribution in [0.2, 0.25) is 0 Å². The van der Waals surface area contributed by atoms with Gasteiger partial charge in [-0.3, -0.25) is 9.59 Å². The molecule has 0 saturated heterocycles. The highest BCUT2D eigenvalue weighted by Crippen LogP contribution is 2.31. The fraction of sp³-hybridized carbons (Fsp3) is 0.517. The van der Waals surface area contributed by atoms with Crippen LogP contribution in [-0.4, -0.2) is 42.5 Å². The van der Waals surface area contributed by atoms with Gasteiger partial charge >= 0.3 is 0 Å². The number of nitrogens with zero attached hydrogens (tertiary/aromatic N) is 1. The van der Waals surface area contributed by atoms with Gasteiger partial charge in [0.2, 0.25) is 5.91 Å². The largest absolute Gasteiger partial charge is 0.497 e. The van der Waals surface area contributed by atoms with Crippen molar-refractivity contribution in [2.75, 3.05) is 13.7 Å². The fourth-order valence-corrected chi connectivity index (χ4v) is 4.69. The lowest BCUT2D eigenvalue weighted by Gasteiger charge is -2.32. The Balaban J connectivity index is 1.82. The zero-order valence-corrected chi connectivity index (χ0v) is 21.8. The number of carbonyl (C=O) groups is 2. The van der Waals surface area contributed by atoms with Gasteiger partial charge in [0.25, 0.3) is 5.91 Å². The predicted molar refractivity (Wildman–Crippen MR) is 139 cm³/mol. The van der Waals surface area contributed by atoms with Gasteiger partial charge in [-0.2, -0.15) is 0 Å². The maximum Gasteiger partial charge on any atom is 0.261 e. The first-order valence-electron chi connectivity index (χ1n) is 12.7.